The molecule has 140 valence electrons. The number of rotatable bonds is 7. The molecule has 1 aliphatic carbocycles. The Balaban J connectivity index is 1.43. The van der Waals surface area contributed by atoms with Gasteiger partial charge >= 0.3 is 0 Å². The summed E-state index contributed by atoms with van der Waals surface area (Å²) in [5, 5.41) is 12.2. The molecular weight excluding hydrogens is 334 g/mol. The highest BCUT2D eigenvalue weighted by Gasteiger charge is 2.31. The van der Waals surface area contributed by atoms with Gasteiger partial charge in [0.15, 0.2) is 0 Å². The van der Waals surface area contributed by atoms with Crippen LogP contribution >= 0.6 is 0 Å². The SMILES string of the molecule is O=C(NC1COCCC1OCC1CC1)c1ccc2c(c1)ncn2CCO. The molecule has 1 saturated heterocycles. The molecule has 4 rings (SSSR count). The fraction of sp³-hybridized carbons (Fsp3) is 0.579. The molecule has 1 aliphatic heterocycles. The number of hydrogen-bond donors (Lipinski definition) is 2. The molecule has 1 amide bonds. The van der Waals surface area contributed by atoms with E-state index in [9.17, 15) is 4.79 Å². The number of carbonyl (C=O) groups is 1. The molecule has 2 fully saturated rings. The first-order valence-electron chi connectivity index (χ1n) is 9.30. The number of ether oxygens (including phenoxy) is 2. The van der Waals surface area contributed by atoms with Gasteiger partial charge in [-0.2, -0.15) is 0 Å². The van der Waals surface area contributed by atoms with Crippen molar-refractivity contribution in [3.8, 4) is 0 Å². The van der Waals surface area contributed by atoms with Gasteiger partial charge in [0.25, 0.3) is 5.91 Å². The molecule has 1 saturated carbocycles. The smallest absolute Gasteiger partial charge is 0.251 e. The van der Waals surface area contributed by atoms with Crippen LogP contribution in [0.25, 0.3) is 11.0 Å². The molecule has 1 aromatic heterocycles. The Kier molecular flexibility index (Phi) is 5.19. The summed E-state index contributed by atoms with van der Waals surface area (Å²) < 4.78 is 13.4. The number of imidazole rings is 1. The van der Waals surface area contributed by atoms with Crippen LogP contribution in [-0.4, -0.2) is 59.1 Å². The first-order valence-corrected chi connectivity index (χ1v) is 9.30. The predicted molar refractivity (Wildman–Crippen MR) is 96.0 cm³/mol. The maximum absolute atomic E-state index is 12.7. The molecule has 2 N–H and O–H groups in total. The number of aliphatic hydroxyl groups excluding tert-OH is 1. The fourth-order valence-corrected chi connectivity index (χ4v) is 3.34. The van der Waals surface area contributed by atoms with E-state index in [1.54, 1.807) is 18.5 Å². The molecular formula is C19H25N3O4. The van der Waals surface area contributed by atoms with Crippen molar-refractivity contribution in [3.63, 3.8) is 0 Å². The Morgan fingerprint density at radius 1 is 1.38 bits per heavy atom. The molecule has 0 spiro atoms. The minimum absolute atomic E-state index is 0.0146. The van der Waals surface area contributed by atoms with Crippen molar-refractivity contribution in [2.45, 2.75) is 38.0 Å². The van der Waals surface area contributed by atoms with Crippen LogP contribution in [0, 0.1) is 5.92 Å². The minimum atomic E-state index is -0.140. The van der Waals surface area contributed by atoms with Gasteiger partial charge in [0.05, 0.1) is 42.7 Å². The molecule has 2 aromatic rings. The summed E-state index contributed by atoms with van der Waals surface area (Å²) in [6, 6.07) is 5.31. The number of fused-ring (bicyclic) bond motifs is 1. The second-order valence-corrected chi connectivity index (χ2v) is 7.12. The second kappa shape index (κ2) is 7.73. The topological polar surface area (TPSA) is 85.6 Å². The maximum atomic E-state index is 12.7. The quantitative estimate of drug-likeness (QED) is 0.779. The highest BCUT2D eigenvalue weighted by molar-refractivity contribution is 5.97. The van der Waals surface area contributed by atoms with Crippen molar-refractivity contribution in [2.75, 3.05) is 26.4 Å². The Labute approximate surface area is 152 Å². The van der Waals surface area contributed by atoms with Gasteiger partial charge < -0.3 is 24.5 Å². The third kappa shape index (κ3) is 3.90. The lowest BCUT2D eigenvalue weighted by Gasteiger charge is -2.32. The van der Waals surface area contributed by atoms with E-state index in [2.05, 4.69) is 10.3 Å². The zero-order valence-electron chi connectivity index (χ0n) is 14.8. The zero-order chi connectivity index (χ0) is 17.9. The first kappa shape index (κ1) is 17.5. The van der Waals surface area contributed by atoms with Crippen LogP contribution < -0.4 is 5.32 Å². The molecule has 2 heterocycles. The summed E-state index contributed by atoms with van der Waals surface area (Å²) in [5.41, 5.74) is 2.22. The number of aromatic nitrogens is 2. The summed E-state index contributed by atoms with van der Waals surface area (Å²) in [4.78, 5) is 17.0. The van der Waals surface area contributed by atoms with Crippen LogP contribution in [-0.2, 0) is 16.0 Å². The van der Waals surface area contributed by atoms with Crippen molar-refractivity contribution in [1.29, 1.82) is 0 Å². The summed E-state index contributed by atoms with van der Waals surface area (Å²) in [5.74, 6) is 0.560. The highest BCUT2D eigenvalue weighted by Crippen LogP contribution is 2.30. The van der Waals surface area contributed by atoms with E-state index < -0.39 is 0 Å². The number of amides is 1. The summed E-state index contributed by atoms with van der Waals surface area (Å²) in [6.45, 7) is 2.48. The van der Waals surface area contributed by atoms with E-state index in [1.807, 2.05) is 10.6 Å². The van der Waals surface area contributed by atoms with E-state index in [0.717, 1.165) is 24.1 Å². The lowest BCUT2D eigenvalue weighted by Crippen LogP contribution is -2.50. The van der Waals surface area contributed by atoms with E-state index in [1.165, 1.54) is 12.8 Å². The van der Waals surface area contributed by atoms with Gasteiger partial charge in [0, 0.05) is 25.3 Å². The van der Waals surface area contributed by atoms with Gasteiger partial charge in [-0.25, -0.2) is 4.98 Å². The number of aliphatic hydroxyl groups is 1. The molecule has 2 atom stereocenters. The third-order valence-corrected chi connectivity index (χ3v) is 5.08. The van der Waals surface area contributed by atoms with Crippen LogP contribution in [0.1, 0.15) is 29.6 Å². The normalized spacial score (nSPS) is 23.3. The Hall–Kier alpha value is -1.96. The largest absolute Gasteiger partial charge is 0.395 e. The van der Waals surface area contributed by atoms with E-state index in [-0.39, 0.29) is 24.7 Å². The fourth-order valence-electron chi connectivity index (χ4n) is 3.34. The van der Waals surface area contributed by atoms with E-state index >= 15 is 0 Å². The molecule has 2 unspecified atom stereocenters. The maximum Gasteiger partial charge on any atom is 0.251 e. The van der Waals surface area contributed by atoms with Crippen LogP contribution in [0.4, 0.5) is 0 Å². The second-order valence-electron chi connectivity index (χ2n) is 7.12. The number of carbonyl (C=O) groups excluding carboxylic acids is 1. The Morgan fingerprint density at radius 2 is 2.27 bits per heavy atom. The molecule has 26 heavy (non-hydrogen) atoms. The molecule has 7 nitrogen and oxygen atoms in total. The zero-order valence-corrected chi connectivity index (χ0v) is 14.8. The number of hydrogen-bond acceptors (Lipinski definition) is 5. The van der Waals surface area contributed by atoms with Crippen molar-refractivity contribution in [3.05, 3.63) is 30.1 Å². The lowest BCUT2D eigenvalue weighted by atomic mass is 10.1. The van der Waals surface area contributed by atoms with Gasteiger partial charge in [0.2, 0.25) is 0 Å². The third-order valence-electron chi connectivity index (χ3n) is 5.08. The van der Waals surface area contributed by atoms with Gasteiger partial charge in [-0.05, 0) is 43.4 Å². The Bertz CT molecular complexity index is 771. The number of benzene rings is 1. The van der Waals surface area contributed by atoms with Crippen LogP contribution in [0.5, 0.6) is 0 Å². The monoisotopic (exact) mass is 359 g/mol. The van der Waals surface area contributed by atoms with Gasteiger partial charge in [-0.1, -0.05) is 0 Å². The van der Waals surface area contributed by atoms with Gasteiger partial charge in [-0.3, -0.25) is 4.79 Å². The molecule has 2 aliphatic rings. The molecule has 0 bridgehead atoms. The number of nitrogens with one attached hydrogen (secondary N) is 1. The average Bonchev–Trinajstić information content (AvgIpc) is 3.41. The van der Waals surface area contributed by atoms with Gasteiger partial charge in [0.1, 0.15) is 0 Å². The van der Waals surface area contributed by atoms with Crippen molar-refractivity contribution >= 4 is 16.9 Å². The van der Waals surface area contributed by atoms with Gasteiger partial charge in [-0.15, -0.1) is 0 Å². The van der Waals surface area contributed by atoms with Crippen molar-refractivity contribution in [1.82, 2.24) is 14.9 Å². The highest BCUT2D eigenvalue weighted by atomic mass is 16.5. The molecule has 0 radical (unpaired) electrons. The molecule has 7 heteroatoms. The average molecular weight is 359 g/mol. The van der Waals surface area contributed by atoms with Crippen molar-refractivity contribution < 1.29 is 19.4 Å². The summed E-state index contributed by atoms with van der Waals surface area (Å²) in [6.07, 6.45) is 5.01. The minimum Gasteiger partial charge on any atom is -0.395 e. The Morgan fingerprint density at radius 3 is 3.08 bits per heavy atom. The predicted octanol–water partition coefficient (Wildman–Crippen LogP) is 1.34. The lowest BCUT2D eigenvalue weighted by molar-refractivity contribution is -0.0567. The summed E-state index contributed by atoms with van der Waals surface area (Å²) >= 11 is 0. The van der Waals surface area contributed by atoms with Crippen molar-refractivity contribution in [2.24, 2.45) is 5.92 Å². The van der Waals surface area contributed by atoms with Crippen LogP contribution in [0.3, 0.4) is 0 Å². The molecule has 1 aromatic carbocycles. The summed E-state index contributed by atoms with van der Waals surface area (Å²) in [7, 11) is 0. The number of nitrogens with zero attached hydrogens (tertiary/aromatic N) is 2. The standard InChI is InChI=1S/C19H25N3O4/c23-7-6-22-12-20-15-9-14(3-4-17(15)22)19(24)21-16-11-25-8-5-18(16)26-10-13-1-2-13/h3-4,9,12-13,16,18,23H,1-2,5-8,10-11H2,(H,21,24). The van der Waals surface area contributed by atoms with E-state index in [0.29, 0.717) is 31.2 Å². The first-order chi connectivity index (χ1) is 12.7. The van der Waals surface area contributed by atoms with Crippen LogP contribution in [0.2, 0.25) is 0 Å². The van der Waals surface area contributed by atoms with Crippen LogP contribution in [0.15, 0.2) is 24.5 Å². The van der Waals surface area contributed by atoms with E-state index in [4.69, 9.17) is 14.6 Å².